The van der Waals surface area contributed by atoms with E-state index in [9.17, 15) is 9.59 Å². The van der Waals surface area contributed by atoms with Gasteiger partial charge in [0.2, 0.25) is 0 Å². The van der Waals surface area contributed by atoms with Gasteiger partial charge in [-0.2, -0.15) is 0 Å². The van der Waals surface area contributed by atoms with E-state index >= 15 is 0 Å². The molecule has 0 aliphatic rings. The van der Waals surface area contributed by atoms with Crippen LogP contribution in [0.5, 0.6) is 0 Å². The number of amides is 2. The maximum Gasteiger partial charge on any atom is 0.326 e. The minimum absolute atomic E-state index is 0.0417. The van der Waals surface area contributed by atoms with Crippen molar-refractivity contribution in [2.45, 2.75) is 19.0 Å². The summed E-state index contributed by atoms with van der Waals surface area (Å²) in [5.41, 5.74) is 0.802. The standard InChI is InChI=1S/C12H15ClN2O4/c13-9-3-1-2-8(6-9)7-14-12(19)15-10(4-5-16)11(17)18/h1-3,6,10,16H,4-5,7H2,(H,17,18)(H2,14,15,19)/t10-/m1/s1. The average Bonchev–Trinajstić information content (AvgIpc) is 2.36. The number of carboxylic acid groups (broad SMARTS) is 1. The van der Waals surface area contributed by atoms with E-state index in [0.717, 1.165) is 5.56 Å². The third kappa shape index (κ3) is 5.58. The van der Waals surface area contributed by atoms with Crippen LogP contribution in [0, 0.1) is 0 Å². The second-order valence-corrected chi connectivity index (χ2v) is 4.30. The summed E-state index contributed by atoms with van der Waals surface area (Å²) in [6.45, 7) is -0.0800. The van der Waals surface area contributed by atoms with Crippen LogP contribution in [0.15, 0.2) is 24.3 Å². The molecule has 0 fully saturated rings. The Balaban J connectivity index is 2.44. The number of halogens is 1. The SMILES string of the molecule is O=C(NCc1cccc(Cl)c1)N[C@H](CCO)C(=O)O. The monoisotopic (exact) mass is 286 g/mol. The third-order valence-corrected chi connectivity index (χ3v) is 2.60. The van der Waals surface area contributed by atoms with Gasteiger partial charge in [0.15, 0.2) is 0 Å². The number of rotatable bonds is 6. The van der Waals surface area contributed by atoms with Crippen molar-refractivity contribution in [1.29, 1.82) is 0 Å². The van der Waals surface area contributed by atoms with Crippen molar-refractivity contribution in [1.82, 2.24) is 10.6 Å². The van der Waals surface area contributed by atoms with E-state index < -0.39 is 18.0 Å². The lowest BCUT2D eigenvalue weighted by atomic mass is 10.2. The topological polar surface area (TPSA) is 98.7 Å². The Labute approximate surface area is 115 Å². The molecule has 4 N–H and O–H groups in total. The van der Waals surface area contributed by atoms with Crippen molar-refractivity contribution in [2.75, 3.05) is 6.61 Å². The number of carbonyl (C=O) groups is 2. The minimum Gasteiger partial charge on any atom is -0.480 e. The lowest BCUT2D eigenvalue weighted by Gasteiger charge is -2.14. The van der Waals surface area contributed by atoms with E-state index in [1.807, 2.05) is 0 Å². The number of aliphatic hydroxyl groups excluding tert-OH is 1. The second-order valence-electron chi connectivity index (χ2n) is 3.86. The first kappa shape index (κ1) is 15.3. The van der Waals surface area contributed by atoms with Gasteiger partial charge in [-0.25, -0.2) is 9.59 Å². The molecule has 0 bridgehead atoms. The Morgan fingerprint density at radius 3 is 2.68 bits per heavy atom. The summed E-state index contributed by atoms with van der Waals surface area (Å²) in [7, 11) is 0. The largest absolute Gasteiger partial charge is 0.480 e. The molecular formula is C12H15ClN2O4. The summed E-state index contributed by atoms with van der Waals surface area (Å²) < 4.78 is 0. The van der Waals surface area contributed by atoms with Gasteiger partial charge in [0.1, 0.15) is 6.04 Å². The van der Waals surface area contributed by atoms with E-state index in [4.69, 9.17) is 21.8 Å². The molecule has 0 saturated carbocycles. The van der Waals surface area contributed by atoms with Crippen molar-refractivity contribution < 1.29 is 19.8 Å². The smallest absolute Gasteiger partial charge is 0.326 e. The van der Waals surface area contributed by atoms with Gasteiger partial charge in [0.05, 0.1) is 0 Å². The molecule has 1 aromatic carbocycles. The minimum atomic E-state index is -1.19. The van der Waals surface area contributed by atoms with Crippen LogP contribution >= 0.6 is 11.6 Å². The van der Waals surface area contributed by atoms with Crippen LogP contribution in [0.25, 0.3) is 0 Å². The fraction of sp³-hybridized carbons (Fsp3) is 0.333. The van der Waals surface area contributed by atoms with Crippen LogP contribution in [-0.4, -0.2) is 34.9 Å². The number of nitrogens with one attached hydrogen (secondary N) is 2. The summed E-state index contributed by atoms with van der Waals surface area (Å²) in [5, 5.41) is 22.8. The second kappa shape index (κ2) is 7.60. The van der Waals surface area contributed by atoms with Gasteiger partial charge in [-0.15, -0.1) is 0 Å². The van der Waals surface area contributed by atoms with Crippen molar-refractivity contribution in [3.8, 4) is 0 Å². The number of urea groups is 1. The number of hydrogen-bond acceptors (Lipinski definition) is 3. The first-order chi connectivity index (χ1) is 9.02. The highest BCUT2D eigenvalue weighted by molar-refractivity contribution is 6.30. The van der Waals surface area contributed by atoms with Crippen molar-refractivity contribution in [2.24, 2.45) is 0 Å². The summed E-state index contributed by atoms with van der Waals surface area (Å²) in [6, 6.07) is 5.24. The Morgan fingerprint density at radius 1 is 1.37 bits per heavy atom. The highest BCUT2D eigenvalue weighted by Crippen LogP contribution is 2.10. The average molecular weight is 287 g/mol. The Bertz CT molecular complexity index is 453. The van der Waals surface area contributed by atoms with Crippen molar-refractivity contribution in [3.05, 3.63) is 34.9 Å². The fourth-order valence-electron chi connectivity index (χ4n) is 1.43. The van der Waals surface area contributed by atoms with Crippen LogP contribution < -0.4 is 10.6 Å². The van der Waals surface area contributed by atoms with Crippen LogP contribution in [-0.2, 0) is 11.3 Å². The van der Waals surface area contributed by atoms with Crippen LogP contribution in [0.3, 0.4) is 0 Å². The first-order valence-corrected chi connectivity index (χ1v) is 6.03. The highest BCUT2D eigenvalue weighted by atomic mass is 35.5. The molecule has 0 aliphatic heterocycles. The van der Waals surface area contributed by atoms with Gasteiger partial charge in [-0.05, 0) is 17.7 Å². The Hall–Kier alpha value is -1.79. The van der Waals surface area contributed by atoms with Crippen molar-refractivity contribution in [3.63, 3.8) is 0 Å². The van der Waals surface area contributed by atoms with E-state index in [1.54, 1.807) is 24.3 Å². The van der Waals surface area contributed by atoms with Gasteiger partial charge in [-0.3, -0.25) is 0 Å². The molecule has 0 unspecified atom stereocenters. The lowest BCUT2D eigenvalue weighted by Crippen LogP contribution is -2.46. The highest BCUT2D eigenvalue weighted by Gasteiger charge is 2.18. The van der Waals surface area contributed by atoms with Crippen molar-refractivity contribution >= 4 is 23.6 Å². The van der Waals surface area contributed by atoms with E-state index in [0.29, 0.717) is 5.02 Å². The summed E-state index contributed by atoms with van der Waals surface area (Å²) in [6.07, 6.45) is -0.0417. The summed E-state index contributed by atoms with van der Waals surface area (Å²) >= 11 is 5.79. The molecule has 19 heavy (non-hydrogen) atoms. The molecule has 0 saturated heterocycles. The maximum absolute atomic E-state index is 11.5. The number of carbonyl (C=O) groups excluding carboxylic acids is 1. The number of benzene rings is 1. The molecule has 6 nitrogen and oxygen atoms in total. The van der Waals surface area contributed by atoms with Gasteiger partial charge in [0, 0.05) is 24.6 Å². The zero-order chi connectivity index (χ0) is 14.3. The molecule has 0 aromatic heterocycles. The predicted octanol–water partition coefficient (Wildman–Crippen LogP) is 0.975. The lowest BCUT2D eigenvalue weighted by molar-refractivity contribution is -0.139. The number of hydrogen-bond donors (Lipinski definition) is 4. The fourth-order valence-corrected chi connectivity index (χ4v) is 1.64. The van der Waals surface area contributed by atoms with E-state index in [1.165, 1.54) is 0 Å². The van der Waals surface area contributed by atoms with Crippen LogP contribution in [0.2, 0.25) is 5.02 Å². The molecule has 0 spiro atoms. The third-order valence-electron chi connectivity index (χ3n) is 2.36. The molecule has 1 atom stereocenters. The molecule has 104 valence electrons. The molecule has 1 rings (SSSR count). The summed E-state index contributed by atoms with van der Waals surface area (Å²) in [5.74, 6) is -1.19. The van der Waals surface area contributed by atoms with E-state index in [-0.39, 0.29) is 19.6 Å². The van der Waals surface area contributed by atoms with Crippen LogP contribution in [0.1, 0.15) is 12.0 Å². The molecule has 0 heterocycles. The molecule has 1 aromatic rings. The molecule has 2 amide bonds. The number of carboxylic acids is 1. The van der Waals surface area contributed by atoms with Gasteiger partial charge in [0.25, 0.3) is 0 Å². The van der Waals surface area contributed by atoms with E-state index in [2.05, 4.69) is 10.6 Å². The van der Waals surface area contributed by atoms with Gasteiger partial charge in [-0.1, -0.05) is 23.7 Å². The number of aliphatic carboxylic acids is 1. The Kier molecular flexibility index (Phi) is 6.11. The maximum atomic E-state index is 11.5. The summed E-state index contributed by atoms with van der Waals surface area (Å²) in [4.78, 5) is 22.3. The number of aliphatic hydroxyl groups is 1. The molecular weight excluding hydrogens is 272 g/mol. The van der Waals surface area contributed by atoms with Gasteiger partial charge >= 0.3 is 12.0 Å². The molecule has 0 aliphatic carbocycles. The first-order valence-electron chi connectivity index (χ1n) is 5.65. The molecule has 0 radical (unpaired) electrons. The van der Waals surface area contributed by atoms with Gasteiger partial charge < -0.3 is 20.8 Å². The molecule has 7 heteroatoms. The normalized spacial score (nSPS) is 11.7. The quantitative estimate of drug-likeness (QED) is 0.626. The Morgan fingerprint density at radius 2 is 2.11 bits per heavy atom. The zero-order valence-corrected chi connectivity index (χ0v) is 10.9. The predicted molar refractivity (Wildman–Crippen MR) is 70.0 cm³/mol. The zero-order valence-electron chi connectivity index (χ0n) is 10.1. The van der Waals surface area contributed by atoms with Crippen LogP contribution in [0.4, 0.5) is 4.79 Å².